The number of carbonyl (C=O) groups is 1. The van der Waals surface area contributed by atoms with Gasteiger partial charge in [-0.15, -0.1) is 10.2 Å². The van der Waals surface area contributed by atoms with Gasteiger partial charge in [-0.1, -0.05) is 30.8 Å². The van der Waals surface area contributed by atoms with Crippen LogP contribution in [0.2, 0.25) is 0 Å². The van der Waals surface area contributed by atoms with Crippen LogP contribution in [-0.2, 0) is 11.3 Å². The zero-order valence-electron chi connectivity index (χ0n) is 18.4. The van der Waals surface area contributed by atoms with Gasteiger partial charge < -0.3 is 5.32 Å². The van der Waals surface area contributed by atoms with Crippen molar-refractivity contribution in [3.63, 3.8) is 0 Å². The Hall–Kier alpha value is -2.35. The molecule has 0 unspecified atom stereocenters. The Kier molecular flexibility index (Phi) is 4.82. The normalized spacial score (nSPS) is 28.6. The number of benzene rings is 1. The van der Waals surface area contributed by atoms with Gasteiger partial charge in [-0.05, 0) is 74.8 Å². The topological polar surface area (TPSA) is 81.3 Å². The summed E-state index contributed by atoms with van der Waals surface area (Å²) in [5.41, 5.74) is 0.764. The number of aryl methyl sites for hydroxylation is 1. The Bertz CT molecular complexity index is 1230. The van der Waals surface area contributed by atoms with Crippen molar-refractivity contribution in [1.82, 2.24) is 24.5 Å². The summed E-state index contributed by atoms with van der Waals surface area (Å²) >= 11 is 1.40. The average molecular weight is 452 g/mol. The lowest BCUT2D eigenvalue weighted by atomic mass is 9.53. The van der Waals surface area contributed by atoms with Gasteiger partial charge >= 0.3 is 0 Å². The third-order valence-corrected chi connectivity index (χ3v) is 8.63. The molecule has 3 aromatic rings. The van der Waals surface area contributed by atoms with E-state index in [2.05, 4.69) is 15.5 Å². The van der Waals surface area contributed by atoms with Gasteiger partial charge in [-0.3, -0.25) is 18.6 Å². The van der Waals surface area contributed by atoms with E-state index in [0.29, 0.717) is 28.6 Å². The largest absolute Gasteiger partial charge is 0.350 e. The minimum Gasteiger partial charge on any atom is -0.350 e. The molecule has 1 N–H and O–H groups in total. The predicted octanol–water partition coefficient (Wildman–Crippen LogP) is 3.63. The summed E-state index contributed by atoms with van der Waals surface area (Å²) in [7, 11) is 0. The molecule has 4 aliphatic carbocycles. The number of nitrogens with one attached hydrogen (secondary N) is 1. The maximum absolute atomic E-state index is 13.0. The minimum atomic E-state index is -0.0431. The summed E-state index contributed by atoms with van der Waals surface area (Å²) in [5.74, 6) is 3.34. The second-order valence-corrected chi connectivity index (χ2v) is 11.1. The van der Waals surface area contributed by atoms with Crippen LogP contribution in [0.4, 0.5) is 0 Å². The Morgan fingerprint density at radius 2 is 1.81 bits per heavy atom. The van der Waals surface area contributed by atoms with Gasteiger partial charge in [0.2, 0.25) is 11.7 Å². The number of carbonyl (C=O) groups excluding carboxylic acids is 1. The van der Waals surface area contributed by atoms with Crippen LogP contribution in [0.3, 0.4) is 0 Å². The molecule has 0 aliphatic heterocycles. The number of nitrogens with zero attached hydrogens (tertiary/aromatic N) is 4. The number of hydrogen-bond acceptors (Lipinski definition) is 5. The molecule has 0 spiro atoms. The molecule has 4 aliphatic rings. The minimum absolute atomic E-state index is 0.0214. The van der Waals surface area contributed by atoms with Crippen LogP contribution in [0.25, 0.3) is 16.7 Å². The SMILES string of the molecule is CCCn1c(=O)c2ccccc2n2c(SCC(=O)NC34CC5CC(CC(C5)C3)C4)nnc12. The van der Waals surface area contributed by atoms with Crippen molar-refractivity contribution in [2.24, 2.45) is 17.8 Å². The van der Waals surface area contributed by atoms with E-state index < -0.39 is 0 Å². The predicted molar refractivity (Wildman–Crippen MR) is 125 cm³/mol. The molecule has 168 valence electrons. The van der Waals surface area contributed by atoms with Crippen LogP contribution < -0.4 is 10.9 Å². The molecule has 2 heterocycles. The quantitative estimate of drug-likeness (QED) is 0.579. The maximum Gasteiger partial charge on any atom is 0.262 e. The molecular weight excluding hydrogens is 422 g/mol. The van der Waals surface area contributed by atoms with Crippen molar-refractivity contribution in [2.75, 3.05) is 5.75 Å². The van der Waals surface area contributed by atoms with E-state index in [4.69, 9.17) is 0 Å². The zero-order valence-corrected chi connectivity index (χ0v) is 19.2. The van der Waals surface area contributed by atoms with Crippen molar-refractivity contribution in [2.45, 2.75) is 69.1 Å². The molecule has 2 aromatic heterocycles. The lowest BCUT2D eigenvalue weighted by molar-refractivity contribution is -0.124. The van der Waals surface area contributed by atoms with Crippen molar-refractivity contribution < 1.29 is 4.79 Å². The summed E-state index contributed by atoms with van der Waals surface area (Å²) < 4.78 is 3.62. The van der Waals surface area contributed by atoms with Gasteiger partial charge in [0.05, 0.1) is 16.7 Å². The van der Waals surface area contributed by atoms with E-state index in [1.54, 1.807) is 4.57 Å². The number of amides is 1. The highest BCUT2D eigenvalue weighted by atomic mass is 32.2. The summed E-state index contributed by atoms with van der Waals surface area (Å²) in [6, 6.07) is 7.56. The third kappa shape index (κ3) is 3.26. The van der Waals surface area contributed by atoms with E-state index in [1.165, 1.54) is 31.0 Å². The molecule has 7 rings (SSSR count). The molecule has 4 fully saturated rings. The van der Waals surface area contributed by atoms with Crippen molar-refractivity contribution in [3.05, 3.63) is 34.6 Å². The fourth-order valence-corrected chi connectivity index (χ4v) is 7.72. The highest BCUT2D eigenvalue weighted by Crippen LogP contribution is 2.55. The Labute approximate surface area is 191 Å². The summed E-state index contributed by atoms with van der Waals surface area (Å²) in [6.45, 7) is 2.63. The molecule has 1 aromatic carbocycles. The smallest absolute Gasteiger partial charge is 0.262 e. The molecule has 0 saturated heterocycles. The van der Waals surface area contributed by atoms with E-state index in [1.807, 2.05) is 35.6 Å². The Morgan fingerprint density at radius 1 is 1.12 bits per heavy atom. The zero-order chi connectivity index (χ0) is 21.9. The second kappa shape index (κ2) is 7.61. The van der Waals surface area contributed by atoms with Gasteiger partial charge in [0, 0.05) is 12.1 Å². The van der Waals surface area contributed by atoms with Crippen molar-refractivity contribution in [1.29, 1.82) is 0 Å². The van der Waals surface area contributed by atoms with Crippen molar-refractivity contribution >= 4 is 34.3 Å². The van der Waals surface area contributed by atoms with Gasteiger partial charge in [0.25, 0.3) is 5.56 Å². The number of fused-ring (bicyclic) bond motifs is 3. The molecule has 7 nitrogen and oxygen atoms in total. The molecule has 32 heavy (non-hydrogen) atoms. The highest BCUT2D eigenvalue weighted by Gasteiger charge is 2.51. The fraction of sp³-hybridized carbons (Fsp3) is 0.583. The first-order chi connectivity index (χ1) is 15.5. The number of thioether (sulfide) groups is 1. The van der Waals surface area contributed by atoms with Crippen LogP contribution in [0, 0.1) is 17.8 Å². The Morgan fingerprint density at radius 3 is 2.50 bits per heavy atom. The average Bonchev–Trinajstić information content (AvgIpc) is 3.18. The Balaban J connectivity index is 1.26. The lowest BCUT2D eigenvalue weighted by Crippen LogP contribution is -2.60. The van der Waals surface area contributed by atoms with Crippen LogP contribution in [0.15, 0.2) is 34.2 Å². The first kappa shape index (κ1) is 20.3. The van der Waals surface area contributed by atoms with Gasteiger partial charge in [0.1, 0.15) is 0 Å². The van der Waals surface area contributed by atoms with Gasteiger partial charge in [-0.2, -0.15) is 0 Å². The molecule has 4 saturated carbocycles. The van der Waals surface area contributed by atoms with Gasteiger partial charge in [0.15, 0.2) is 5.16 Å². The van der Waals surface area contributed by atoms with E-state index in [-0.39, 0.29) is 17.0 Å². The highest BCUT2D eigenvalue weighted by molar-refractivity contribution is 7.99. The number of rotatable bonds is 6. The molecule has 8 heteroatoms. The van der Waals surface area contributed by atoms with Crippen molar-refractivity contribution in [3.8, 4) is 0 Å². The van der Waals surface area contributed by atoms with Crippen LogP contribution in [-0.4, -0.2) is 36.4 Å². The number of aromatic nitrogens is 4. The summed E-state index contributed by atoms with van der Waals surface area (Å²) in [5, 5.41) is 13.4. The van der Waals surface area contributed by atoms with Gasteiger partial charge in [-0.25, -0.2) is 0 Å². The first-order valence-electron chi connectivity index (χ1n) is 11.9. The lowest BCUT2D eigenvalue weighted by Gasteiger charge is -2.56. The summed E-state index contributed by atoms with van der Waals surface area (Å²) in [4.78, 5) is 26.0. The van der Waals surface area contributed by atoms with E-state index in [9.17, 15) is 9.59 Å². The summed E-state index contributed by atoms with van der Waals surface area (Å²) in [6.07, 6.45) is 8.37. The van der Waals surface area contributed by atoms with Crippen LogP contribution >= 0.6 is 11.8 Å². The number of hydrogen-bond donors (Lipinski definition) is 1. The molecule has 0 atom stereocenters. The van der Waals surface area contributed by atoms with Crippen LogP contribution in [0.5, 0.6) is 0 Å². The molecular formula is C24H29N5O2S. The second-order valence-electron chi connectivity index (χ2n) is 10.1. The molecule has 4 bridgehead atoms. The third-order valence-electron chi connectivity index (χ3n) is 7.70. The molecule has 1 amide bonds. The van der Waals surface area contributed by atoms with E-state index in [0.717, 1.165) is 49.0 Å². The fourth-order valence-electron chi connectivity index (χ4n) is 6.98. The first-order valence-corrected chi connectivity index (χ1v) is 12.8. The monoisotopic (exact) mass is 451 g/mol. The van der Waals surface area contributed by atoms with Crippen LogP contribution in [0.1, 0.15) is 51.9 Å². The maximum atomic E-state index is 13.0. The molecule has 0 radical (unpaired) electrons. The standard InChI is InChI=1S/C24H29N5O2S/c1-2-7-28-21(31)18-5-3-4-6-19(18)29-22(28)26-27-23(29)32-14-20(30)25-24-11-15-8-16(12-24)10-17(9-15)13-24/h3-6,15-17H,2,7-14H2,1H3,(H,25,30). The van der Waals surface area contributed by atoms with E-state index >= 15 is 0 Å². The number of para-hydroxylation sites is 1.